The topological polar surface area (TPSA) is 97.5 Å². The van der Waals surface area contributed by atoms with Gasteiger partial charge in [-0.1, -0.05) is 6.92 Å². The van der Waals surface area contributed by atoms with E-state index in [0.717, 1.165) is 37.7 Å². The van der Waals surface area contributed by atoms with Crippen LogP contribution in [0.3, 0.4) is 0 Å². The van der Waals surface area contributed by atoms with E-state index in [9.17, 15) is 4.79 Å². The number of hydrogen-bond acceptors (Lipinski definition) is 6. The van der Waals surface area contributed by atoms with Crippen molar-refractivity contribution in [3.05, 3.63) is 11.1 Å². The fourth-order valence-corrected chi connectivity index (χ4v) is 2.71. The van der Waals surface area contributed by atoms with Crippen molar-refractivity contribution in [2.75, 3.05) is 25.1 Å². The zero-order chi connectivity index (χ0) is 13.9. The van der Waals surface area contributed by atoms with Gasteiger partial charge in [0, 0.05) is 25.1 Å². The summed E-state index contributed by atoms with van der Waals surface area (Å²) in [6.45, 7) is 4.63. The summed E-state index contributed by atoms with van der Waals surface area (Å²) in [7, 11) is 0. The predicted molar refractivity (Wildman–Crippen MR) is 73.3 cm³/mol. The minimum absolute atomic E-state index is 0.207. The Hall–Kier alpha value is -1.18. The molecule has 0 aromatic carbocycles. The number of nitrogens with one attached hydrogen (secondary N) is 1. The molecule has 106 valence electrons. The highest BCUT2D eigenvalue weighted by molar-refractivity contribution is 7.13. The van der Waals surface area contributed by atoms with Crippen molar-refractivity contribution in [2.24, 2.45) is 11.1 Å². The van der Waals surface area contributed by atoms with Crippen molar-refractivity contribution >= 4 is 22.4 Å². The van der Waals surface area contributed by atoms with Crippen molar-refractivity contribution < 1.29 is 14.6 Å². The molecule has 1 aliphatic rings. The smallest absolute Gasteiger partial charge is 0.326 e. The zero-order valence-electron chi connectivity index (χ0n) is 10.9. The molecule has 1 aromatic rings. The lowest BCUT2D eigenvalue weighted by Gasteiger charge is -2.33. The first kappa shape index (κ1) is 14.2. The first-order valence-electron chi connectivity index (χ1n) is 6.26. The fourth-order valence-electron chi connectivity index (χ4n) is 1.97. The Kier molecular flexibility index (Phi) is 4.38. The molecule has 7 heteroatoms. The summed E-state index contributed by atoms with van der Waals surface area (Å²) in [6.07, 6.45) is 2.04. The van der Waals surface area contributed by atoms with Crippen LogP contribution < -0.4 is 11.1 Å². The first-order valence-corrected chi connectivity index (χ1v) is 7.14. The van der Waals surface area contributed by atoms with Crippen LogP contribution >= 0.6 is 11.3 Å². The number of aliphatic carboxylic acids is 1. The normalized spacial score (nSPS) is 19.9. The molecule has 2 heterocycles. The van der Waals surface area contributed by atoms with Gasteiger partial charge in [-0.2, -0.15) is 0 Å². The maximum absolute atomic E-state index is 10.8. The number of carboxylic acids is 1. The number of anilines is 1. The van der Waals surface area contributed by atoms with Crippen LogP contribution in [0.25, 0.3) is 0 Å². The van der Waals surface area contributed by atoms with Gasteiger partial charge in [-0.05, 0) is 18.3 Å². The number of carbonyl (C=O) groups is 1. The van der Waals surface area contributed by atoms with E-state index in [2.05, 4.69) is 17.2 Å². The molecule has 4 N–H and O–H groups in total. The van der Waals surface area contributed by atoms with Crippen molar-refractivity contribution in [1.29, 1.82) is 0 Å². The highest BCUT2D eigenvalue weighted by atomic mass is 32.1. The zero-order valence-corrected chi connectivity index (χ0v) is 11.7. The van der Waals surface area contributed by atoms with E-state index in [1.807, 2.05) is 0 Å². The van der Waals surface area contributed by atoms with Gasteiger partial charge in [-0.15, -0.1) is 11.3 Å². The van der Waals surface area contributed by atoms with Crippen molar-refractivity contribution in [1.82, 2.24) is 4.98 Å². The lowest BCUT2D eigenvalue weighted by Crippen LogP contribution is -2.33. The monoisotopic (exact) mass is 285 g/mol. The van der Waals surface area contributed by atoms with Gasteiger partial charge in [0.2, 0.25) is 0 Å². The largest absolute Gasteiger partial charge is 0.480 e. The van der Waals surface area contributed by atoms with Crippen LogP contribution in [0, 0.1) is 5.41 Å². The van der Waals surface area contributed by atoms with E-state index < -0.39 is 12.0 Å². The molecule has 2 rings (SSSR count). The van der Waals surface area contributed by atoms with Crippen LogP contribution in [0.5, 0.6) is 0 Å². The maximum Gasteiger partial charge on any atom is 0.326 e. The maximum atomic E-state index is 10.8. The molecule has 0 radical (unpaired) electrons. The number of ether oxygens (including phenoxy) is 1. The quantitative estimate of drug-likeness (QED) is 0.757. The van der Waals surface area contributed by atoms with Crippen molar-refractivity contribution in [2.45, 2.75) is 25.8 Å². The first-order chi connectivity index (χ1) is 9.00. The SMILES string of the molecule is CC1(CNc2nc(C(N)C(=O)O)cs2)CCOCC1. The summed E-state index contributed by atoms with van der Waals surface area (Å²) in [5.74, 6) is -1.06. The van der Waals surface area contributed by atoms with E-state index in [-0.39, 0.29) is 5.41 Å². The summed E-state index contributed by atoms with van der Waals surface area (Å²) in [5.41, 5.74) is 6.12. The number of carboxylic acid groups (broad SMARTS) is 1. The Bertz CT molecular complexity index is 443. The Labute approximate surface area is 116 Å². The Morgan fingerprint density at radius 1 is 1.68 bits per heavy atom. The molecule has 6 nitrogen and oxygen atoms in total. The van der Waals surface area contributed by atoms with E-state index in [0.29, 0.717) is 5.69 Å². The van der Waals surface area contributed by atoms with Gasteiger partial charge in [0.15, 0.2) is 5.13 Å². The second kappa shape index (κ2) is 5.85. The van der Waals surface area contributed by atoms with Crippen LogP contribution in [0.1, 0.15) is 31.5 Å². The molecule has 1 aromatic heterocycles. The molecule has 1 unspecified atom stereocenters. The molecular formula is C12H19N3O3S. The van der Waals surface area contributed by atoms with Crippen LogP contribution in [-0.4, -0.2) is 35.8 Å². The van der Waals surface area contributed by atoms with Crippen LogP contribution in [0.2, 0.25) is 0 Å². The molecule has 19 heavy (non-hydrogen) atoms. The van der Waals surface area contributed by atoms with Crippen LogP contribution in [-0.2, 0) is 9.53 Å². The predicted octanol–water partition coefficient (Wildman–Crippen LogP) is 1.46. The second-order valence-electron chi connectivity index (χ2n) is 5.17. The number of nitrogens with zero attached hydrogens (tertiary/aromatic N) is 1. The average Bonchev–Trinajstić information content (AvgIpc) is 2.85. The minimum Gasteiger partial charge on any atom is -0.480 e. The number of aromatic nitrogens is 1. The number of nitrogens with two attached hydrogens (primary N) is 1. The van der Waals surface area contributed by atoms with E-state index in [1.165, 1.54) is 11.3 Å². The minimum atomic E-state index is -1.06. The molecule has 1 fully saturated rings. The summed E-state index contributed by atoms with van der Waals surface area (Å²) < 4.78 is 5.36. The van der Waals surface area contributed by atoms with E-state index >= 15 is 0 Å². The lowest BCUT2D eigenvalue weighted by molar-refractivity contribution is -0.138. The molecule has 0 spiro atoms. The number of thiazole rings is 1. The van der Waals surface area contributed by atoms with Gasteiger partial charge < -0.3 is 20.9 Å². The number of rotatable bonds is 5. The van der Waals surface area contributed by atoms with Crippen LogP contribution in [0.4, 0.5) is 5.13 Å². The van der Waals surface area contributed by atoms with Crippen molar-refractivity contribution in [3.63, 3.8) is 0 Å². The molecule has 1 atom stereocenters. The molecule has 1 aliphatic heterocycles. The third kappa shape index (κ3) is 3.65. The standard InChI is InChI=1S/C12H19N3O3S/c1-12(2-4-18-5-3-12)7-14-11-15-8(6-19-11)9(13)10(16)17/h6,9H,2-5,7,13H2,1H3,(H,14,15)(H,16,17). The second-order valence-corrected chi connectivity index (χ2v) is 6.03. The molecule has 0 aliphatic carbocycles. The Morgan fingerprint density at radius 3 is 3.00 bits per heavy atom. The summed E-state index contributed by atoms with van der Waals surface area (Å²) >= 11 is 1.39. The third-order valence-electron chi connectivity index (χ3n) is 3.47. The molecule has 1 saturated heterocycles. The van der Waals surface area contributed by atoms with Gasteiger partial charge >= 0.3 is 5.97 Å². The summed E-state index contributed by atoms with van der Waals surface area (Å²) in [6, 6.07) is -1.05. The molecule has 0 bridgehead atoms. The highest BCUT2D eigenvalue weighted by Crippen LogP contribution is 2.30. The van der Waals surface area contributed by atoms with Gasteiger partial charge in [-0.25, -0.2) is 4.98 Å². The average molecular weight is 285 g/mol. The lowest BCUT2D eigenvalue weighted by atomic mass is 9.82. The van der Waals surface area contributed by atoms with Gasteiger partial charge in [0.25, 0.3) is 0 Å². The third-order valence-corrected chi connectivity index (χ3v) is 4.29. The molecular weight excluding hydrogens is 266 g/mol. The highest BCUT2D eigenvalue weighted by Gasteiger charge is 2.27. The molecule has 0 saturated carbocycles. The van der Waals surface area contributed by atoms with Gasteiger partial charge in [-0.3, -0.25) is 4.79 Å². The summed E-state index contributed by atoms with van der Waals surface area (Å²) in [4.78, 5) is 15.0. The fraction of sp³-hybridized carbons (Fsp3) is 0.667. The molecule has 0 amide bonds. The van der Waals surface area contributed by atoms with Crippen molar-refractivity contribution in [3.8, 4) is 0 Å². The Morgan fingerprint density at radius 2 is 2.37 bits per heavy atom. The number of hydrogen-bond donors (Lipinski definition) is 3. The summed E-state index contributed by atoms with van der Waals surface area (Å²) in [5, 5.41) is 14.5. The van der Waals surface area contributed by atoms with Gasteiger partial charge in [0.05, 0.1) is 5.69 Å². The van der Waals surface area contributed by atoms with Crippen LogP contribution in [0.15, 0.2) is 5.38 Å². The van der Waals surface area contributed by atoms with E-state index in [4.69, 9.17) is 15.6 Å². The van der Waals surface area contributed by atoms with E-state index in [1.54, 1.807) is 5.38 Å². The van der Waals surface area contributed by atoms with Gasteiger partial charge in [0.1, 0.15) is 6.04 Å². The Balaban J connectivity index is 1.91.